The lowest BCUT2D eigenvalue weighted by Gasteiger charge is -2.18. The van der Waals surface area contributed by atoms with Gasteiger partial charge in [-0.1, -0.05) is 6.07 Å². The maximum absolute atomic E-state index is 12.5. The van der Waals surface area contributed by atoms with Gasteiger partial charge in [0.15, 0.2) is 0 Å². The van der Waals surface area contributed by atoms with Gasteiger partial charge in [0, 0.05) is 30.8 Å². The molecule has 0 spiro atoms. The van der Waals surface area contributed by atoms with Crippen molar-refractivity contribution in [1.29, 1.82) is 0 Å². The summed E-state index contributed by atoms with van der Waals surface area (Å²) in [6, 6.07) is 7.20. The summed E-state index contributed by atoms with van der Waals surface area (Å²) in [6.07, 6.45) is 3.79. The van der Waals surface area contributed by atoms with E-state index in [9.17, 15) is 13.5 Å². The van der Waals surface area contributed by atoms with Crippen molar-refractivity contribution in [3.05, 3.63) is 40.7 Å². The number of pyridine rings is 1. The summed E-state index contributed by atoms with van der Waals surface area (Å²) in [5, 5.41) is 14.5. The van der Waals surface area contributed by atoms with E-state index in [2.05, 4.69) is 10.3 Å². The normalized spacial score (nSPS) is 17.0. The molecule has 0 aromatic carbocycles. The van der Waals surface area contributed by atoms with Crippen LogP contribution >= 0.6 is 11.3 Å². The van der Waals surface area contributed by atoms with Gasteiger partial charge in [-0.2, -0.15) is 4.31 Å². The molecule has 1 unspecified atom stereocenters. The van der Waals surface area contributed by atoms with Gasteiger partial charge in [0.1, 0.15) is 10.7 Å². The van der Waals surface area contributed by atoms with E-state index in [4.69, 9.17) is 0 Å². The molecule has 2 aromatic rings. The first kappa shape index (κ1) is 17.3. The number of sulfonamides is 1. The predicted octanol–water partition coefficient (Wildman–Crippen LogP) is 2.46. The first-order valence-electron chi connectivity index (χ1n) is 7.98. The van der Waals surface area contributed by atoms with E-state index in [1.807, 2.05) is 17.5 Å². The third-order valence-electron chi connectivity index (χ3n) is 4.07. The zero-order valence-corrected chi connectivity index (χ0v) is 14.9. The Balaban J connectivity index is 1.74. The molecule has 130 valence electrons. The Labute approximate surface area is 146 Å². The van der Waals surface area contributed by atoms with Crippen LogP contribution in [0.2, 0.25) is 0 Å². The maximum Gasteiger partial charge on any atom is 0.244 e. The molecular formula is C16H21N3O3S2. The fourth-order valence-electron chi connectivity index (χ4n) is 2.78. The molecule has 3 heterocycles. The van der Waals surface area contributed by atoms with Crippen LogP contribution < -0.4 is 5.32 Å². The minimum Gasteiger partial charge on any atom is -0.396 e. The maximum atomic E-state index is 12.5. The Morgan fingerprint density at radius 2 is 2.08 bits per heavy atom. The van der Waals surface area contributed by atoms with E-state index in [1.165, 1.54) is 10.5 Å². The summed E-state index contributed by atoms with van der Waals surface area (Å²) < 4.78 is 26.5. The molecule has 6 nitrogen and oxygen atoms in total. The molecule has 1 atom stereocenters. The molecule has 3 rings (SSSR count). The summed E-state index contributed by atoms with van der Waals surface area (Å²) in [5.41, 5.74) is 0. The highest BCUT2D eigenvalue weighted by Crippen LogP contribution is 2.26. The molecule has 1 saturated heterocycles. The summed E-state index contributed by atoms with van der Waals surface area (Å²) in [6.45, 7) is 1.23. The Morgan fingerprint density at radius 3 is 2.67 bits per heavy atom. The van der Waals surface area contributed by atoms with Crippen LogP contribution in [0.3, 0.4) is 0 Å². The van der Waals surface area contributed by atoms with Crippen molar-refractivity contribution in [2.24, 2.45) is 0 Å². The number of rotatable bonds is 7. The monoisotopic (exact) mass is 367 g/mol. The van der Waals surface area contributed by atoms with Crippen molar-refractivity contribution in [2.75, 3.05) is 25.0 Å². The molecule has 0 radical (unpaired) electrons. The fourth-order valence-corrected chi connectivity index (χ4v) is 5.05. The minimum absolute atomic E-state index is 0.0384. The summed E-state index contributed by atoms with van der Waals surface area (Å²) in [7, 11) is -3.43. The third-order valence-corrected chi connectivity index (χ3v) is 6.93. The van der Waals surface area contributed by atoms with Crippen molar-refractivity contribution < 1.29 is 13.5 Å². The number of anilines is 1. The predicted molar refractivity (Wildman–Crippen MR) is 94.6 cm³/mol. The van der Waals surface area contributed by atoms with E-state index >= 15 is 0 Å². The number of aromatic nitrogens is 1. The van der Waals surface area contributed by atoms with Crippen LogP contribution in [-0.2, 0) is 10.0 Å². The van der Waals surface area contributed by atoms with E-state index in [0.29, 0.717) is 25.3 Å². The second kappa shape index (κ2) is 7.60. The topological polar surface area (TPSA) is 82.5 Å². The smallest absolute Gasteiger partial charge is 0.244 e. The number of thiophene rings is 1. The van der Waals surface area contributed by atoms with E-state index in [0.717, 1.165) is 17.7 Å². The molecule has 2 aromatic heterocycles. The number of nitrogens with one attached hydrogen (secondary N) is 1. The highest BCUT2D eigenvalue weighted by molar-refractivity contribution is 7.89. The van der Waals surface area contributed by atoms with Gasteiger partial charge in [-0.3, -0.25) is 0 Å². The molecule has 0 saturated carbocycles. The van der Waals surface area contributed by atoms with Gasteiger partial charge < -0.3 is 10.4 Å². The van der Waals surface area contributed by atoms with Gasteiger partial charge in [0.25, 0.3) is 0 Å². The van der Waals surface area contributed by atoms with E-state index in [1.54, 1.807) is 23.5 Å². The number of aliphatic hydroxyl groups is 1. The molecule has 2 N–H and O–H groups in total. The lowest BCUT2D eigenvalue weighted by atomic mass is 10.2. The Bertz CT molecular complexity index is 739. The second-order valence-electron chi connectivity index (χ2n) is 5.71. The molecule has 1 aliphatic rings. The second-order valence-corrected chi connectivity index (χ2v) is 8.63. The molecular weight excluding hydrogens is 346 g/mol. The molecule has 0 amide bonds. The van der Waals surface area contributed by atoms with Crippen LogP contribution in [0.25, 0.3) is 0 Å². The quantitative estimate of drug-likeness (QED) is 0.785. The Kier molecular flexibility index (Phi) is 5.50. The van der Waals surface area contributed by atoms with Gasteiger partial charge in [0.2, 0.25) is 10.0 Å². The van der Waals surface area contributed by atoms with Crippen molar-refractivity contribution >= 4 is 27.2 Å². The zero-order chi connectivity index (χ0) is 17.0. The van der Waals surface area contributed by atoms with Crippen molar-refractivity contribution in [1.82, 2.24) is 9.29 Å². The zero-order valence-electron chi connectivity index (χ0n) is 13.3. The van der Waals surface area contributed by atoms with Crippen LogP contribution in [0, 0.1) is 0 Å². The number of hydrogen-bond acceptors (Lipinski definition) is 6. The Morgan fingerprint density at radius 1 is 1.29 bits per heavy atom. The first-order valence-corrected chi connectivity index (χ1v) is 10.3. The van der Waals surface area contributed by atoms with Crippen molar-refractivity contribution in [2.45, 2.75) is 30.2 Å². The standard InChI is InChI=1S/C16H21N3O3S2/c20-10-7-14(15-4-3-11-23-15)18-16-6-5-13(12-17-16)24(21,22)19-8-1-2-9-19/h3-6,11-12,14,20H,1-2,7-10H2,(H,17,18). The van der Waals surface area contributed by atoms with E-state index in [-0.39, 0.29) is 17.5 Å². The van der Waals surface area contributed by atoms with Crippen LogP contribution in [0.5, 0.6) is 0 Å². The summed E-state index contributed by atoms with van der Waals surface area (Å²) in [4.78, 5) is 5.59. The third kappa shape index (κ3) is 3.77. The van der Waals surface area contributed by atoms with Crippen molar-refractivity contribution in [3.63, 3.8) is 0 Å². The number of aliphatic hydroxyl groups excluding tert-OH is 1. The molecule has 1 fully saturated rings. The van der Waals surface area contributed by atoms with Gasteiger partial charge in [-0.25, -0.2) is 13.4 Å². The highest BCUT2D eigenvalue weighted by Gasteiger charge is 2.27. The highest BCUT2D eigenvalue weighted by atomic mass is 32.2. The lowest BCUT2D eigenvalue weighted by molar-refractivity contribution is 0.280. The molecule has 0 aliphatic carbocycles. The first-order chi connectivity index (χ1) is 11.6. The van der Waals surface area contributed by atoms with Crippen LogP contribution in [0.15, 0.2) is 40.7 Å². The largest absolute Gasteiger partial charge is 0.396 e. The lowest BCUT2D eigenvalue weighted by Crippen LogP contribution is -2.28. The molecule has 0 bridgehead atoms. The van der Waals surface area contributed by atoms with E-state index < -0.39 is 10.0 Å². The van der Waals surface area contributed by atoms with Crippen LogP contribution in [0.1, 0.15) is 30.2 Å². The molecule has 1 aliphatic heterocycles. The molecule has 24 heavy (non-hydrogen) atoms. The van der Waals surface area contributed by atoms with Gasteiger partial charge in [-0.15, -0.1) is 11.3 Å². The van der Waals surface area contributed by atoms with Gasteiger partial charge in [0.05, 0.1) is 6.04 Å². The minimum atomic E-state index is -3.43. The summed E-state index contributed by atoms with van der Waals surface area (Å²) in [5.74, 6) is 0.599. The molecule has 8 heteroatoms. The van der Waals surface area contributed by atoms with Crippen molar-refractivity contribution in [3.8, 4) is 0 Å². The number of nitrogens with zero attached hydrogens (tertiary/aromatic N) is 2. The average Bonchev–Trinajstić information content (AvgIpc) is 3.29. The fraction of sp³-hybridized carbons (Fsp3) is 0.438. The number of hydrogen-bond donors (Lipinski definition) is 2. The van der Waals surface area contributed by atoms with Crippen LogP contribution in [0.4, 0.5) is 5.82 Å². The SMILES string of the molecule is O=S(=O)(c1ccc(NC(CCO)c2cccs2)nc1)N1CCCC1. The average molecular weight is 367 g/mol. The summed E-state index contributed by atoms with van der Waals surface area (Å²) >= 11 is 1.61. The van der Waals surface area contributed by atoms with Gasteiger partial charge in [-0.05, 0) is 42.8 Å². The van der Waals surface area contributed by atoms with Gasteiger partial charge >= 0.3 is 0 Å². The Hall–Kier alpha value is -1.48. The van der Waals surface area contributed by atoms with Crippen LogP contribution in [-0.4, -0.2) is 42.5 Å².